The standard InChI is InChI=1S/C22H28N2O4/c1-5-7-12-24-19-14-17(23-11-6-2)8-9-18(19)20(27-13-10-16(3)4)21(22(24)26)28-15-25/h6,8-10,14-15,23H,2,5,7,11-13H2,1,3-4H3. The molecular weight excluding hydrogens is 356 g/mol. The Morgan fingerprint density at radius 1 is 1.29 bits per heavy atom. The topological polar surface area (TPSA) is 69.6 Å². The number of aryl methyl sites for hydroxylation is 1. The van der Waals surface area contributed by atoms with Crippen LogP contribution in [0.15, 0.2) is 47.3 Å². The van der Waals surface area contributed by atoms with Crippen molar-refractivity contribution in [2.24, 2.45) is 0 Å². The summed E-state index contributed by atoms with van der Waals surface area (Å²) in [5.74, 6) is 0.208. The number of allylic oxidation sites excluding steroid dienone is 1. The first-order valence-corrected chi connectivity index (χ1v) is 9.45. The second kappa shape index (κ2) is 10.3. The van der Waals surface area contributed by atoms with Crippen LogP contribution in [0.2, 0.25) is 0 Å². The zero-order valence-electron chi connectivity index (χ0n) is 16.8. The Labute approximate surface area is 165 Å². The number of fused-ring (bicyclic) bond motifs is 1. The number of hydrogen-bond donors (Lipinski definition) is 1. The lowest BCUT2D eigenvalue weighted by atomic mass is 10.1. The molecule has 0 atom stereocenters. The summed E-state index contributed by atoms with van der Waals surface area (Å²) >= 11 is 0. The number of benzene rings is 1. The Kier molecular flexibility index (Phi) is 7.87. The molecule has 0 spiro atoms. The number of pyridine rings is 1. The Hall–Kier alpha value is -3.02. The minimum Gasteiger partial charge on any atom is -0.485 e. The van der Waals surface area contributed by atoms with Gasteiger partial charge in [0.05, 0.1) is 5.52 Å². The third-order valence-corrected chi connectivity index (χ3v) is 4.25. The van der Waals surface area contributed by atoms with Crippen LogP contribution in [0, 0.1) is 0 Å². The van der Waals surface area contributed by atoms with E-state index in [2.05, 4.69) is 18.8 Å². The van der Waals surface area contributed by atoms with E-state index in [1.54, 1.807) is 10.6 Å². The number of nitrogens with zero attached hydrogens (tertiary/aromatic N) is 1. The molecule has 0 aliphatic heterocycles. The van der Waals surface area contributed by atoms with Crippen LogP contribution in [0.25, 0.3) is 10.9 Å². The molecule has 0 radical (unpaired) electrons. The highest BCUT2D eigenvalue weighted by molar-refractivity contribution is 5.90. The van der Waals surface area contributed by atoms with E-state index in [0.717, 1.165) is 35.0 Å². The monoisotopic (exact) mass is 384 g/mol. The highest BCUT2D eigenvalue weighted by atomic mass is 16.5. The van der Waals surface area contributed by atoms with Crippen LogP contribution in [-0.4, -0.2) is 24.2 Å². The predicted octanol–water partition coefficient (Wildman–Crippen LogP) is 4.28. The van der Waals surface area contributed by atoms with E-state index in [1.165, 1.54) is 0 Å². The normalized spacial score (nSPS) is 10.4. The highest BCUT2D eigenvalue weighted by Gasteiger charge is 2.20. The fraction of sp³-hybridized carbons (Fsp3) is 0.364. The molecule has 0 saturated carbocycles. The van der Waals surface area contributed by atoms with Crippen LogP contribution in [0.3, 0.4) is 0 Å². The lowest BCUT2D eigenvalue weighted by Gasteiger charge is -2.17. The molecule has 0 amide bonds. The van der Waals surface area contributed by atoms with Crippen molar-refractivity contribution in [3.63, 3.8) is 0 Å². The van der Waals surface area contributed by atoms with Crippen molar-refractivity contribution in [2.45, 2.75) is 40.2 Å². The molecule has 0 aliphatic rings. The van der Waals surface area contributed by atoms with Crippen molar-refractivity contribution < 1.29 is 14.3 Å². The average molecular weight is 384 g/mol. The quantitative estimate of drug-likeness (QED) is 0.463. The van der Waals surface area contributed by atoms with Crippen molar-refractivity contribution in [3.05, 3.63) is 52.9 Å². The number of rotatable bonds is 11. The van der Waals surface area contributed by atoms with Gasteiger partial charge in [-0.3, -0.25) is 9.59 Å². The summed E-state index contributed by atoms with van der Waals surface area (Å²) in [6, 6.07) is 5.69. The van der Waals surface area contributed by atoms with Crippen molar-refractivity contribution >= 4 is 23.1 Å². The van der Waals surface area contributed by atoms with Crippen LogP contribution in [-0.2, 0) is 11.3 Å². The van der Waals surface area contributed by atoms with E-state index in [-0.39, 0.29) is 30.1 Å². The van der Waals surface area contributed by atoms with E-state index in [4.69, 9.17) is 9.47 Å². The van der Waals surface area contributed by atoms with Gasteiger partial charge in [0.25, 0.3) is 12.0 Å². The number of anilines is 1. The first kappa shape index (κ1) is 21.3. The third kappa shape index (κ3) is 5.03. The summed E-state index contributed by atoms with van der Waals surface area (Å²) in [7, 11) is 0. The van der Waals surface area contributed by atoms with E-state index in [1.807, 2.05) is 38.1 Å². The second-order valence-electron chi connectivity index (χ2n) is 6.68. The zero-order chi connectivity index (χ0) is 20.5. The van der Waals surface area contributed by atoms with Crippen LogP contribution in [0.1, 0.15) is 33.6 Å². The first-order valence-electron chi connectivity index (χ1n) is 9.45. The Bertz CT molecular complexity index is 924. The largest absolute Gasteiger partial charge is 0.485 e. The minimum absolute atomic E-state index is 0.0763. The number of hydrogen-bond acceptors (Lipinski definition) is 5. The lowest BCUT2D eigenvalue weighted by molar-refractivity contribution is -0.120. The summed E-state index contributed by atoms with van der Waals surface area (Å²) in [5, 5.41) is 3.96. The van der Waals surface area contributed by atoms with E-state index in [9.17, 15) is 9.59 Å². The van der Waals surface area contributed by atoms with Gasteiger partial charge >= 0.3 is 0 Å². The van der Waals surface area contributed by atoms with E-state index in [0.29, 0.717) is 13.1 Å². The van der Waals surface area contributed by atoms with Gasteiger partial charge in [0.15, 0.2) is 5.75 Å². The summed E-state index contributed by atoms with van der Waals surface area (Å²) in [6.07, 6.45) is 5.44. The molecule has 28 heavy (non-hydrogen) atoms. The molecule has 0 aliphatic carbocycles. The highest BCUT2D eigenvalue weighted by Crippen LogP contribution is 2.34. The van der Waals surface area contributed by atoms with Gasteiger partial charge in [0.2, 0.25) is 5.75 Å². The summed E-state index contributed by atoms with van der Waals surface area (Å²) in [6.45, 7) is 11.4. The molecule has 6 heteroatoms. The van der Waals surface area contributed by atoms with Gasteiger partial charge in [0, 0.05) is 24.2 Å². The SMILES string of the molecule is C=CCNc1ccc2c(OCC=C(C)C)c(OC=O)c(=O)n(CCCC)c2c1. The molecule has 6 nitrogen and oxygen atoms in total. The molecule has 0 unspecified atom stereocenters. The van der Waals surface area contributed by atoms with Gasteiger partial charge in [0.1, 0.15) is 6.61 Å². The predicted molar refractivity (Wildman–Crippen MR) is 113 cm³/mol. The Morgan fingerprint density at radius 2 is 2.07 bits per heavy atom. The molecule has 1 aromatic carbocycles. The number of carbonyl (C=O) groups excluding carboxylic acids is 1. The van der Waals surface area contributed by atoms with Gasteiger partial charge in [-0.1, -0.05) is 25.0 Å². The molecule has 0 bridgehead atoms. The fourth-order valence-corrected chi connectivity index (χ4v) is 2.82. The Morgan fingerprint density at radius 3 is 2.71 bits per heavy atom. The Balaban J connectivity index is 2.70. The molecule has 0 saturated heterocycles. The van der Waals surface area contributed by atoms with E-state index >= 15 is 0 Å². The lowest BCUT2D eigenvalue weighted by Crippen LogP contribution is -2.24. The van der Waals surface area contributed by atoms with E-state index < -0.39 is 0 Å². The van der Waals surface area contributed by atoms with Crippen LogP contribution < -0.4 is 20.3 Å². The molecule has 0 fully saturated rings. The summed E-state index contributed by atoms with van der Waals surface area (Å²) < 4.78 is 12.6. The van der Waals surface area contributed by atoms with Crippen molar-refractivity contribution in [3.8, 4) is 11.5 Å². The maximum Gasteiger partial charge on any atom is 0.298 e. The fourth-order valence-electron chi connectivity index (χ4n) is 2.82. The smallest absolute Gasteiger partial charge is 0.298 e. The molecule has 1 aromatic heterocycles. The van der Waals surface area contributed by atoms with Crippen molar-refractivity contribution in [1.29, 1.82) is 0 Å². The summed E-state index contributed by atoms with van der Waals surface area (Å²) in [5.41, 5.74) is 2.32. The molecular formula is C22H28N2O4. The number of nitrogens with one attached hydrogen (secondary N) is 1. The second-order valence-corrected chi connectivity index (χ2v) is 6.68. The van der Waals surface area contributed by atoms with Gasteiger partial charge in [-0.2, -0.15) is 0 Å². The van der Waals surface area contributed by atoms with Crippen molar-refractivity contribution in [2.75, 3.05) is 18.5 Å². The zero-order valence-corrected chi connectivity index (χ0v) is 16.8. The number of unbranched alkanes of at least 4 members (excludes halogenated alkanes) is 1. The summed E-state index contributed by atoms with van der Waals surface area (Å²) in [4.78, 5) is 24.1. The van der Waals surface area contributed by atoms with Crippen LogP contribution in [0.5, 0.6) is 11.5 Å². The first-order chi connectivity index (χ1) is 13.5. The molecule has 1 heterocycles. The maximum atomic E-state index is 13.1. The molecule has 2 aromatic rings. The molecule has 150 valence electrons. The molecule has 1 N–H and O–H groups in total. The molecule has 2 rings (SSSR count). The van der Waals surface area contributed by atoms with Gasteiger partial charge in [-0.15, -0.1) is 6.58 Å². The number of carbonyl (C=O) groups is 1. The van der Waals surface area contributed by atoms with Gasteiger partial charge in [-0.25, -0.2) is 0 Å². The average Bonchev–Trinajstić information content (AvgIpc) is 2.68. The van der Waals surface area contributed by atoms with Crippen molar-refractivity contribution in [1.82, 2.24) is 4.57 Å². The minimum atomic E-state index is -0.374. The number of ether oxygens (including phenoxy) is 2. The van der Waals surface area contributed by atoms with Crippen LogP contribution in [0.4, 0.5) is 5.69 Å². The van der Waals surface area contributed by atoms with Gasteiger partial charge < -0.3 is 19.4 Å². The number of aromatic nitrogens is 1. The maximum absolute atomic E-state index is 13.1. The third-order valence-electron chi connectivity index (χ3n) is 4.25. The van der Waals surface area contributed by atoms with Crippen LogP contribution >= 0.6 is 0 Å². The van der Waals surface area contributed by atoms with Gasteiger partial charge in [-0.05, 0) is 44.5 Å².